The molecule has 1 aromatic rings. The minimum atomic E-state index is 0.534. The van der Waals surface area contributed by atoms with Gasteiger partial charge in [-0.2, -0.15) is 0 Å². The van der Waals surface area contributed by atoms with Crippen LogP contribution >= 0.6 is 0 Å². The number of likely N-dealkylation sites (tertiary alicyclic amines) is 1. The fraction of sp³-hybridized carbons (Fsp3) is 0.688. The van der Waals surface area contributed by atoms with Gasteiger partial charge < -0.3 is 10.2 Å². The first-order valence-corrected chi connectivity index (χ1v) is 7.60. The summed E-state index contributed by atoms with van der Waals surface area (Å²) in [6.45, 7) is 10.5. The van der Waals surface area contributed by atoms with E-state index in [1.54, 1.807) is 0 Å². The molecule has 1 aromatic heterocycles. The summed E-state index contributed by atoms with van der Waals surface area (Å²) < 4.78 is 0. The van der Waals surface area contributed by atoms with Crippen molar-refractivity contribution in [2.45, 2.75) is 46.1 Å². The highest BCUT2D eigenvalue weighted by molar-refractivity contribution is 5.48. The molecule has 3 nitrogen and oxygen atoms in total. The zero-order chi connectivity index (χ0) is 13.7. The van der Waals surface area contributed by atoms with Gasteiger partial charge in [-0.05, 0) is 70.3 Å². The van der Waals surface area contributed by atoms with E-state index in [0.29, 0.717) is 6.04 Å². The van der Waals surface area contributed by atoms with Crippen molar-refractivity contribution in [2.24, 2.45) is 5.92 Å². The number of pyridine rings is 1. The van der Waals surface area contributed by atoms with Gasteiger partial charge in [0.05, 0.1) is 11.9 Å². The van der Waals surface area contributed by atoms with Crippen molar-refractivity contribution in [3.05, 3.63) is 24.0 Å². The highest BCUT2D eigenvalue weighted by Crippen LogP contribution is 2.24. The Kier molecular flexibility index (Phi) is 5.20. The van der Waals surface area contributed by atoms with Crippen LogP contribution in [-0.4, -0.2) is 35.6 Å². The minimum absolute atomic E-state index is 0.534. The zero-order valence-corrected chi connectivity index (χ0v) is 12.5. The van der Waals surface area contributed by atoms with Crippen LogP contribution in [-0.2, 0) is 0 Å². The van der Waals surface area contributed by atoms with Crippen LogP contribution in [0, 0.1) is 12.8 Å². The third kappa shape index (κ3) is 3.93. The molecule has 3 heteroatoms. The number of hydrogen-bond acceptors (Lipinski definition) is 3. The van der Waals surface area contributed by atoms with Gasteiger partial charge in [0.2, 0.25) is 0 Å². The summed E-state index contributed by atoms with van der Waals surface area (Å²) in [6.07, 6.45) is 7.70. The Bertz CT molecular complexity index is 383. The first-order valence-electron chi connectivity index (χ1n) is 7.60. The van der Waals surface area contributed by atoms with Gasteiger partial charge in [-0.15, -0.1) is 0 Å². The second kappa shape index (κ2) is 6.90. The lowest BCUT2D eigenvalue weighted by Gasteiger charge is -2.35. The Balaban J connectivity index is 1.85. The zero-order valence-electron chi connectivity index (χ0n) is 12.5. The molecule has 1 unspecified atom stereocenters. The molecule has 0 radical (unpaired) electrons. The molecule has 19 heavy (non-hydrogen) atoms. The SMILES string of the molecule is CCCN1CCC(C(C)Nc2cnccc2C)CC1. The average Bonchev–Trinajstić information content (AvgIpc) is 2.42. The Morgan fingerprint density at radius 1 is 1.42 bits per heavy atom. The van der Waals surface area contributed by atoms with Crippen molar-refractivity contribution in [1.29, 1.82) is 0 Å². The number of anilines is 1. The number of hydrogen-bond donors (Lipinski definition) is 1. The van der Waals surface area contributed by atoms with Gasteiger partial charge in [0.1, 0.15) is 0 Å². The van der Waals surface area contributed by atoms with E-state index in [1.165, 1.54) is 50.1 Å². The highest BCUT2D eigenvalue weighted by Gasteiger charge is 2.23. The van der Waals surface area contributed by atoms with Crippen LogP contribution in [0.3, 0.4) is 0 Å². The molecule has 1 aliphatic heterocycles. The molecule has 0 amide bonds. The Labute approximate surface area is 117 Å². The summed E-state index contributed by atoms with van der Waals surface area (Å²) >= 11 is 0. The number of piperidine rings is 1. The molecule has 2 heterocycles. The van der Waals surface area contributed by atoms with E-state index >= 15 is 0 Å². The molecule has 1 saturated heterocycles. The van der Waals surface area contributed by atoms with Crippen molar-refractivity contribution in [1.82, 2.24) is 9.88 Å². The van der Waals surface area contributed by atoms with E-state index in [2.05, 4.69) is 42.0 Å². The van der Waals surface area contributed by atoms with Gasteiger partial charge in [-0.25, -0.2) is 0 Å². The largest absolute Gasteiger partial charge is 0.381 e. The normalized spacial score (nSPS) is 19.3. The topological polar surface area (TPSA) is 28.2 Å². The van der Waals surface area contributed by atoms with Crippen LogP contribution in [0.1, 0.15) is 38.7 Å². The lowest BCUT2D eigenvalue weighted by molar-refractivity contribution is 0.176. The number of aryl methyl sites for hydroxylation is 1. The van der Waals surface area contributed by atoms with E-state index < -0.39 is 0 Å². The molecule has 1 N–H and O–H groups in total. The maximum Gasteiger partial charge on any atom is 0.0558 e. The smallest absolute Gasteiger partial charge is 0.0558 e. The lowest BCUT2D eigenvalue weighted by atomic mass is 9.90. The summed E-state index contributed by atoms with van der Waals surface area (Å²) in [5, 5.41) is 3.65. The van der Waals surface area contributed by atoms with Crippen LogP contribution in [0.5, 0.6) is 0 Å². The number of aromatic nitrogens is 1. The summed E-state index contributed by atoms with van der Waals surface area (Å²) in [7, 11) is 0. The maximum absolute atomic E-state index is 4.21. The third-order valence-corrected chi connectivity index (χ3v) is 4.30. The molecule has 1 aliphatic rings. The van der Waals surface area contributed by atoms with Crippen molar-refractivity contribution in [3.63, 3.8) is 0 Å². The van der Waals surface area contributed by atoms with E-state index in [0.717, 1.165) is 5.92 Å². The summed E-state index contributed by atoms with van der Waals surface area (Å²) in [5.41, 5.74) is 2.47. The van der Waals surface area contributed by atoms with Crippen LogP contribution < -0.4 is 5.32 Å². The number of rotatable bonds is 5. The van der Waals surface area contributed by atoms with Crippen molar-refractivity contribution in [3.8, 4) is 0 Å². The van der Waals surface area contributed by atoms with Crippen LogP contribution in [0.15, 0.2) is 18.5 Å². The summed E-state index contributed by atoms with van der Waals surface area (Å²) in [4.78, 5) is 6.81. The van der Waals surface area contributed by atoms with Crippen molar-refractivity contribution < 1.29 is 0 Å². The Hall–Kier alpha value is -1.09. The fourth-order valence-electron chi connectivity index (χ4n) is 2.97. The maximum atomic E-state index is 4.21. The van der Waals surface area contributed by atoms with Gasteiger partial charge in [0.25, 0.3) is 0 Å². The van der Waals surface area contributed by atoms with Crippen molar-refractivity contribution >= 4 is 5.69 Å². The van der Waals surface area contributed by atoms with Gasteiger partial charge in [-0.3, -0.25) is 4.98 Å². The molecule has 0 bridgehead atoms. The van der Waals surface area contributed by atoms with Crippen LogP contribution in [0.2, 0.25) is 0 Å². The lowest BCUT2D eigenvalue weighted by Crippen LogP contribution is -2.39. The van der Waals surface area contributed by atoms with E-state index in [-0.39, 0.29) is 0 Å². The van der Waals surface area contributed by atoms with Crippen LogP contribution in [0.25, 0.3) is 0 Å². The van der Waals surface area contributed by atoms with E-state index in [4.69, 9.17) is 0 Å². The predicted molar refractivity (Wildman–Crippen MR) is 81.5 cm³/mol. The summed E-state index contributed by atoms with van der Waals surface area (Å²) in [5.74, 6) is 0.785. The van der Waals surface area contributed by atoms with Crippen LogP contribution in [0.4, 0.5) is 5.69 Å². The van der Waals surface area contributed by atoms with Gasteiger partial charge in [-0.1, -0.05) is 6.92 Å². The minimum Gasteiger partial charge on any atom is -0.381 e. The quantitative estimate of drug-likeness (QED) is 0.881. The molecule has 1 atom stereocenters. The average molecular weight is 261 g/mol. The van der Waals surface area contributed by atoms with E-state index in [1.807, 2.05) is 12.4 Å². The molecular formula is C16H27N3. The molecule has 0 aliphatic carbocycles. The Morgan fingerprint density at radius 2 is 2.16 bits per heavy atom. The standard InChI is InChI=1S/C16H27N3/c1-4-9-19-10-6-15(7-11-19)14(3)18-16-12-17-8-5-13(16)2/h5,8,12,14-15,18H,4,6-7,9-11H2,1-3H3. The Morgan fingerprint density at radius 3 is 2.79 bits per heavy atom. The fourth-order valence-corrected chi connectivity index (χ4v) is 2.97. The molecule has 106 valence electrons. The van der Waals surface area contributed by atoms with Gasteiger partial charge in [0, 0.05) is 12.2 Å². The van der Waals surface area contributed by atoms with Gasteiger partial charge in [0.15, 0.2) is 0 Å². The third-order valence-electron chi connectivity index (χ3n) is 4.30. The second-order valence-electron chi connectivity index (χ2n) is 5.80. The summed E-state index contributed by atoms with van der Waals surface area (Å²) in [6, 6.07) is 2.60. The van der Waals surface area contributed by atoms with E-state index in [9.17, 15) is 0 Å². The highest BCUT2D eigenvalue weighted by atomic mass is 15.1. The number of nitrogens with one attached hydrogen (secondary N) is 1. The van der Waals surface area contributed by atoms with Gasteiger partial charge >= 0.3 is 0 Å². The van der Waals surface area contributed by atoms with Crippen molar-refractivity contribution in [2.75, 3.05) is 25.0 Å². The first kappa shape index (κ1) is 14.3. The monoisotopic (exact) mass is 261 g/mol. The number of nitrogens with zero attached hydrogens (tertiary/aromatic N) is 2. The molecule has 0 saturated carbocycles. The first-order chi connectivity index (χ1) is 9.20. The molecule has 0 spiro atoms. The predicted octanol–water partition coefficient (Wildman–Crippen LogP) is 3.31. The molecule has 1 fully saturated rings. The molecule has 2 rings (SSSR count). The second-order valence-corrected chi connectivity index (χ2v) is 5.80. The molecule has 0 aromatic carbocycles. The molecular weight excluding hydrogens is 234 g/mol.